The van der Waals surface area contributed by atoms with Crippen LogP contribution in [0.25, 0.3) is 10.9 Å². The average Bonchev–Trinajstić information content (AvgIpc) is 3.22. The molecule has 136 valence electrons. The van der Waals surface area contributed by atoms with Gasteiger partial charge in [0, 0.05) is 17.5 Å². The number of para-hydroxylation sites is 1. The van der Waals surface area contributed by atoms with Gasteiger partial charge >= 0.3 is 5.97 Å². The van der Waals surface area contributed by atoms with Crippen molar-refractivity contribution in [2.24, 2.45) is 5.92 Å². The van der Waals surface area contributed by atoms with Crippen LogP contribution in [0.4, 0.5) is 5.69 Å². The van der Waals surface area contributed by atoms with Gasteiger partial charge in [0.2, 0.25) is 0 Å². The maximum atomic E-state index is 13.1. The van der Waals surface area contributed by atoms with Crippen LogP contribution in [-0.4, -0.2) is 43.9 Å². The maximum absolute atomic E-state index is 13.1. The number of rotatable bonds is 3. The van der Waals surface area contributed by atoms with Gasteiger partial charge in [-0.25, -0.2) is 4.79 Å². The van der Waals surface area contributed by atoms with E-state index in [-0.39, 0.29) is 28.9 Å². The number of fused-ring (bicyclic) bond motifs is 2. The monoisotopic (exact) mass is 357 g/mol. The van der Waals surface area contributed by atoms with Gasteiger partial charge in [0.1, 0.15) is 17.3 Å². The number of nitro groups is 1. The van der Waals surface area contributed by atoms with Crippen molar-refractivity contribution in [3.63, 3.8) is 0 Å². The minimum atomic E-state index is -0.991. The van der Waals surface area contributed by atoms with Gasteiger partial charge in [0.05, 0.1) is 4.92 Å². The fraction of sp³-hybridized carbons (Fsp3) is 0.444. The number of nitrogens with zero attached hydrogens (tertiary/aromatic N) is 2. The van der Waals surface area contributed by atoms with Gasteiger partial charge in [-0.3, -0.25) is 14.9 Å². The number of H-pyrrole nitrogens is 1. The van der Waals surface area contributed by atoms with Crippen LogP contribution in [-0.2, 0) is 4.79 Å². The first kappa shape index (κ1) is 16.6. The molecule has 1 aromatic carbocycles. The Morgan fingerprint density at radius 1 is 1.27 bits per heavy atom. The number of hydrogen-bond acceptors (Lipinski definition) is 4. The van der Waals surface area contributed by atoms with Crippen molar-refractivity contribution in [1.29, 1.82) is 0 Å². The molecule has 8 nitrogen and oxygen atoms in total. The number of nitro benzene ring substituents is 1. The minimum Gasteiger partial charge on any atom is -0.480 e. The van der Waals surface area contributed by atoms with E-state index in [0.29, 0.717) is 11.8 Å². The molecular formula is C18H19N3O5. The number of carboxylic acid groups (broad SMARTS) is 1. The molecule has 2 aliphatic rings. The van der Waals surface area contributed by atoms with Crippen LogP contribution < -0.4 is 0 Å². The Morgan fingerprint density at radius 2 is 2.04 bits per heavy atom. The lowest BCUT2D eigenvalue weighted by molar-refractivity contribution is -0.383. The molecule has 26 heavy (non-hydrogen) atoms. The molecule has 2 aromatic rings. The van der Waals surface area contributed by atoms with Crippen molar-refractivity contribution in [2.45, 2.75) is 44.2 Å². The Kier molecular flexibility index (Phi) is 3.90. The first-order valence-corrected chi connectivity index (χ1v) is 8.79. The maximum Gasteiger partial charge on any atom is 0.326 e. The second-order valence-corrected chi connectivity index (χ2v) is 7.10. The van der Waals surface area contributed by atoms with E-state index in [1.54, 1.807) is 18.2 Å². The molecule has 1 aliphatic carbocycles. The zero-order valence-corrected chi connectivity index (χ0v) is 14.1. The van der Waals surface area contributed by atoms with E-state index in [0.717, 1.165) is 25.7 Å². The molecule has 1 saturated carbocycles. The normalized spacial score (nSPS) is 25.2. The molecular weight excluding hydrogens is 338 g/mol. The summed E-state index contributed by atoms with van der Waals surface area (Å²) in [4.78, 5) is 39.9. The summed E-state index contributed by atoms with van der Waals surface area (Å²) >= 11 is 0. The molecule has 2 heterocycles. The molecule has 3 atom stereocenters. The number of nitrogens with one attached hydrogen (secondary N) is 1. The number of carbonyl (C=O) groups is 2. The van der Waals surface area contributed by atoms with Crippen molar-refractivity contribution in [2.75, 3.05) is 0 Å². The third-order valence-corrected chi connectivity index (χ3v) is 5.67. The Balaban J connectivity index is 1.74. The Bertz CT molecular complexity index is 905. The number of amides is 1. The number of carboxylic acids is 1. The van der Waals surface area contributed by atoms with E-state index in [1.807, 2.05) is 0 Å². The number of aromatic nitrogens is 1. The smallest absolute Gasteiger partial charge is 0.326 e. The van der Waals surface area contributed by atoms with Gasteiger partial charge in [-0.2, -0.15) is 0 Å². The molecule has 8 heteroatoms. The molecule has 1 aliphatic heterocycles. The van der Waals surface area contributed by atoms with Gasteiger partial charge in [0.15, 0.2) is 0 Å². The van der Waals surface area contributed by atoms with Crippen LogP contribution in [0.5, 0.6) is 0 Å². The molecule has 1 amide bonds. The van der Waals surface area contributed by atoms with Crippen molar-refractivity contribution < 1.29 is 19.6 Å². The fourth-order valence-corrected chi connectivity index (χ4v) is 4.52. The lowest BCUT2D eigenvalue weighted by atomic mass is 9.84. The van der Waals surface area contributed by atoms with E-state index in [9.17, 15) is 24.8 Å². The highest BCUT2D eigenvalue weighted by Gasteiger charge is 2.48. The average molecular weight is 357 g/mol. The van der Waals surface area contributed by atoms with Gasteiger partial charge in [-0.1, -0.05) is 25.0 Å². The predicted octanol–water partition coefficient (Wildman–Crippen LogP) is 2.93. The molecule has 2 N–H and O–H groups in total. The van der Waals surface area contributed by atoms with Gasteiger partial charge in [-0.05, 0) is 31.2 Å². The summed E-state index contributed by atoms with van der Waals surface area (Å²) < 4.78 is 0. The Hall–Kier alpha value is -2.90. The van der Waals surface area contributed by atoms with Crippen LogP contribution in [0.1, 0.15) is 42.6 Å². The number of benzene rings is 1. The summed E-state index contributed by atoms with van der Waals surface area (Å²) in [7, 11) is 0. The third kappa shape index (κ3) is 2.53. The van der Waals surface area contributed by atoms with E-state index < -0.39 is 22.8 Å². The second kappa shape index (κ2) is 6.12. The highest BCUT2D eigenvalue weighted by atomic mass is 16.6. The summed E-state index contributed by atoms with van der Waals surface area (Å²) in [5, 5.41) is 21.3. The number of non-ortho nitro benzene ring substituents is 1. The quantitative estimate of drug-likeness (QED) is 0.647. The molecule has 2 fully saturated rings. The summed E-state index contributed by atoms with van der Waals surface area (Å²) in [6, 6.07) is 5.29. The van der Waals surface area contributed by atoms with Crippen LogP contribution in [0, 0.1) is 16.0 Å². The molecule has 1 saturated heterocycles. The highest BCUT2D eigenvalue weighted by molar-refractivity contribution is 6.01. The first-order chi connectivity index (χ1) is 12.5. The number of aromatic amines is 1. The van der Waals surface area contributed by atoms with Crippen molar-refractivity contribution in [3.05, 3.63) is 40.1 Å². The van der Waals surface area contributed by atoms with Gasteiger partial charge < -0.3 is 15.0 Å². The van der Waals surface area contributed by atoms with Crippen LogP contribution in [0.2, 0.25) is 0 Å². The van der Waals surface area contributed by atoms with Crippen LogP contribution in [0.3, 0.4) is 0 Å². The highest BCUT2D eigenvalue weighted by Crippen LogP contribution is 2.40. The Labute approximate surface area is 148 Å². The fourth-order valence-electron chi connectivity index (χ4n) is 4.52. The van der Waals surface area contributed by atoms with Gasteiger partial charge in [-0.15, -0.1) is 0 Å². The van der Waals surface area contributed by atoms with Crippen molar-refractivity contribution in [3.8, 4) is 0 Å². The third-order valence-electron chi connectivity index (χ3n) is 5.67. The van der Waals surface area contributed by atoms with E-state index in [2.05, 4.69) is 4.98 Å². The van der Waals surface area contributed by atoms with Gasteiger partial charge in [0.25, 0.3) is 11.6 Å². The largest absolute Gasteiger partial charge is 0.480 e. The lowest BCUT2D eigenvalue weighted by Gasteiger charge is -2.32. The Morgan fingerprint density at radius 3 is 2.77 bits per heavy atom. The van der Waals surface area contributed by atoms with Crippen molar-refractivity contribution in [1.82, 2.24) is 9.88 Å². The van der Waals surface area contributed by atoms with Crippen LogP contribution in [0.15, 0.2) is 24.3 Å². The zero-order valence-electron chi connectivity index (χ0n) is 14.1. The summed E-state index contributed by atoms with van der Waals surface area (Å²) in [5.41, 5.74) is 0.382. The second-order valence-electron chi connectivity index (χ2n) is 7.10. The molecule has 1 aromatic heterocycles. The molecule has 0 bridgehead atoms. The van der Waals surface area contributed by atoms with E-state index >= 15 is 0 Å². The number of likely N-dealkylation sites (tertiary alicyclic amines) is 1. The lowest BCUT2D eigenvalue weighted by Crippen LogP contribution is -2.46. The molecule has 0 radical (unpaired) electrons. The topological polar surface area (TPSA) is 117 Å². The molecule has 3 unspecified atom stereocenters. The van der Waals surface area contributed by atoms with Crippen molar-refractivity contribution >= 4 is 28.5 Å². The standard InChI is InChI=1S/C18H19N3O5/c22-17(12-8-11-5-3-7-14(21(25)26)16(11)19-12)20-13-6-2-1-4-10(13)9-15(20)18(23)24/h3,5,7-8,10,13,15,19H,1-2,4,6,9H2,(H,23,24). The minimum absolute atomic E-state index is 0.0706. The summed E-state index contributed by atoms with van der Waals surface area (Å²) in [6.45, 7) is 0. The number of aliphatic carboxylic acids is 1. The number of carbonyl (C=O) groups excluding carboxylic acids is 1. The van der Waals surface area contributed by atoms with E-state index in [4.69, 9.17) is 0 Å². The summed E-state index contributed by atoms with van der Waals surface area (Å²) in [6.07, 6.45) is 4.27. The number of hydrogen-bond donors (Lipinski definition) is 2. The first-order valence-electron chi connectivity index (χ1n) is 8.79. The molecule has 4 rings (SSSR count). The molecule has 0 spiro atoms. The summed E-state index contributed by atoms with van der Waals surface area (Å²) in [5.74, 6) is -1.17. The van der Waals surface area contributed by atoms with Crippen LogP contribution >= 0.6 is 0 Å². The predicted molar refractivity (Wildman–Crippen MR) is 92.9 cm³/mol. The zero-order chi connectivity index (χ0) is 18.4. The van der Waals surface area contributed by atoms with E-state index in [1.165, 1.54) is 11.0 Å². The SMILES string of the molecule is O=C(O)C1CC2CCCCC2N1C(=O)c1cc2cccc([N+](=O)[O-])c2[nH]1.